The maximum atomic E-state index is 5.34. The van der Waals surface area contributed by atoms with Crippen molar-refractivity contribution in [3.63, 3.8) is 0 Å². The third-order valence-corrected chi connectivity index (χ3v) is 4.59. The van der Waals surface area contributed by atoms with E-state index >= 15 is 0 Å². The Morgan fingerprint density at radius 2 is 1.33 bits per heavy atom. The fourth-order valence-electron chi connectivity index (χ4n) is 0.674. The van der Waals surface area contributed by atoms with Crippen LogP contribution in [0.1, 0.15) is 0 Å². The van der Waals surface area contributed by atoms with E-state index in [2.05, 4.69) is 30.4 Å². The number of nitrogens with one attached hydrogen (secondary N) is 2. The average molecular weight is 262 g/mol. The molecule has 0 aliphatic rings. The summed E-state index contributed by atoms with van der Waals surface area (Å²) >= 11 is 0. The van der Waals surface area contributed by atoms with E-state index in [1.54, 1.807) is 0 Å². The summed E-state index contributed by atoms with van der Waals surface area (Å²) in [7, 11) is 4.22. The number of aromatic amines is 2. The van der Waals surface area contributed by atoms with Crippen LogP contribution in [0.4, 0.5) is 11.9 Å². The van der Waals surface area contributed by atoms with Gasteiger partial charge in [0.25, 0.3) is 0 Å². The highest BCUT2D eigenvalue weighted by molar-refractivity contribution is 9.09. The van der Waals surface area contributed by atoms with Crippen LogP contribution in [-0.4, -0.2) is 30.4 Å². The molecule has 0 aromatic carbocycles. The van der Waals surface area contributed by atoms with E-state index in [4.69, 9.17) is 11.5 Å². The average Bonchev–Trinajstić information content (AvgIpc) is 2.76. The minimum Gasteiger partial charge on any atom is -0.366 e. The summed E-state index contributed by atoms with van der Waals surface area (Å²) in [6, 6.07) is 0. The predicted octanol–water partition coefficient (Wildman–Crippen LogP) is 0.535. The van der Waals surface area contributed by atoms with Crippen molar-refractivity contribution < 1.29 is 0 Å². The van der Waals surface area contributed by atoms with Gasteiger partial charge < -0.3 is 11.5 Å². The van der Waals surface area contributed by atoms with Crippen molar-refractivity contribution in [1.29, 1.82) is 0 Å². The number of nitrogen functional groups attached to an aromatic ring is 2. The molecule has 0 saturated heterocycles. The lowest BCUT2D eigenvalue weighted by Gasteiger charge is -1.91. The van der Waals surface area contributed by atoms with Gasteiger partial charge in [-0.15, -0.1) is 10.2 Å². The van der Waals surface area contributed by atoms with E-state index in [9.17, 15) is 0 Å². The number of aromatic nitrogens is 6. The Labute approximate surface area is 95.6 Å². The van der Waals surface area contributed by atoms with Crippen LogP contribution in [0, 0.1) is 0 Å². The smallest absolute Gasteiger partial charge is 0.240 e. The lowest BCUT2D eigenvalue weighted by atomic mass is 11.1. The predicted molar refractivity (Wildman–Crippen MR) is 60.9 cm³/mol. The second-order valence-corrected chi connectivity index (χ2v) is 6.11. The molecule has 0 radical (unpaired) electrons. The maximum Gasteiger partial charge on any atom is 0.240 e. The molecule has 15 heavy (non-hydrogen) atoms. The van der Waals surface area contributed by atoms with Crippen LogP contribution >= 0.6 is 31.4 Å². The van der Waals surface area contributed by atoms with Crippen molar-refractivity contribution in [1.82, 2.24) is 30.4 Å². The van der Waals surface area contributed by atoms with Gasteiger partial charge in [-0.25, -0.2) is 0 Å². The maximum absolute atomic E-state index is 5.34. The largest absolute Gasteiger partial charge is 0.366 e. The van der Waals surface area contributed by atoms with E-state index in [0.717, 1.165) is 0 Å². The lowest BCUT2D eigenvalue weighted by molar-refractivity contribution is 0.978. The molecule has 11 heteroatoms. The minimum atomic E-state index is 0.229. The van der Waals surface area contributed by atoms with Crippen LogP contribution < -0.4 is 11.5 Å². The van der Waals surface area contributed by atoms with E-state index in [1.165, 1.54) is 31.4 Å². The Morgan fingerprint density at radius 1 is 0.867 bits per heavy atom. The summed E-state index contributed by atoms with van der Waals surface area (Å²) in [4.78, 5) is 7.83. The Hall–Kier alpha value is -1.07. The van der Waals surface area contributed by atoms with Crippen molar-refractivity contribution >= 4 is 43.3 Å². The normalized spacial score (nSPS) is 10.7. The third kappa shape index (κ3) is 2.94. The van der Waals surface area contributed by atoms with Gasteiger partial charge in [0.05, 0.1) is 0 Å². The van der Waals surface area contributed by atoms with Gasteiger partial charge in [-0.1, -0.05) is 0 Å². The van der Waals surface area contributed by atoms with Crippen LogP contribution in [0.2, 0.25) is 0 Å². The van der Waals surface area contributed by atoms with Gasteiger partial charge in [0.15, 0.2) is 10.3 Å². The zero-order valence-electron chi connectivity index (χ0n) is 7.17. The molecule has 0 aliphatic carbocycles. The summed E-state index contributed by atoms with van der Waals surface area (Å²) in [5.74, 6) is 0.457. The van der Waals surface area contributed by atoms with Gasteiger partial charge in [-0.2, -0.15) is 9.97 Å². The molecule has 80 valence electrons. The number of hydrogen-bond acceptors (Lipinski definition) is 9. The Bertz CT molecular complexity index is 396. The van der Waals surface area contributed by atoms with Crippen LogP contribution in [0.15, 0.2) is 10.3 Å². The highest BCUT2D eigenvalue weighted by atomic mass is 33.5. The fourth-order valence-corrected chi connectivity index (χ4v) is 3.67. The van der Waals surface area contributed by atoms with Crippen LogP contribution in [0.25, 0.3) is 0 Å². The standard InChI is InChI=1S/C4H6N8S3/c5-1-7-3(11-9-1)13-15-14-4-8-2(6)10-12-4/h(H3,5,7,9,11)(H3,6,8,10,12). The molecule has 0 amide bonds. The van der Waals surface area contributed by atoms with Gasteiger partial charge >= 0.3 is 0 Å². The van der Waals surface area contributed by atoms with E-state index < -0.39 is 0 Å². The number of anilines is 2. The van der Waals surface area contributed by atoms with Crippen molar-refractivity contribution in [2.75, 3.05) is 11.5 Å². The molecule has 0 atom stereocenters. The topological polar surface area (TPSA) is 135 Å². The van der Waals surface area contributed by atoms with Crippen LogP contribution in [0.5, 0.6) is 0 Å². The Morgan fingerprint density at radius 3 is 1.67 bits per heavy atom. The van der Waals surface area contributed by atoms with Gasteiger partial charge in [-0.05, 0) is 31.4 Å². The third-order valence-electron chi connectivity index (χ3n) is 1.19. The summed E-state index contributed by atoms with van der Waals surface area (Å²) in [5.41, 5.74) is 10.7. The SMILES string of the molecule is Nc1n[nH]c(SSSc2nc(N)n[nH]2)n1. The molecule has 0 spiro atoms. The number of H-pyrrole nitrogens is 2. The number of nitrogens with two attached hydrogens (primary N) is 2. The van der Waals surface area contributed by atoms with Gasteiger partial charge in [0, 0.05) is 0 Å². The van der Waals surface area contributed by atoms with Crippen molar-refractivity contribution in [3.05, 3.63) is 0 Å². The van der Waals surface area contributed by atoms with Crippen LogP contribution in [0.3, 0.4) is 0 Å². The molecule has 6 N–H and O–H groups in total. The molecule has 0 unspecified atom stereocenters. The quantitative estimate of drug-likeness (QED) is 0.582. The zero-order valence-corrected chi connectivity index (χ0v) is 9.62. The minimum absolute atomic E-state index is 0.229. The van der Waals surface area contributed by atoms with Gasteiger partial charge in [0.1, 0.15) is 0 Å². The highest BCUT2D eigenvalue weighted by Crippen LogP contribution is 2.41. The summed E-state index contributed by atoms with van der Waals surface area (Å²) < 4.78 is 0. The van der Waals surface area contributed by atoms with Crippen molar-refractivity contribution in [3.8, 4) is 0 Å². The second-order valence-electron chi connectivity index (χ2n) is 2.23. The molecule has 2 rings (SSSR count). The number of rotatable bonds is 4. The fraction of sp³-hybridized carbons (Fsp3) is 0. The van der Waals surface area contributed by atoms with E-state index in [1.807, 2.05) is 0 Å². The van der Waals surface area contributed by atoms with Crippen molar-refractivity contribution in [2.45, 2.75) is 10.3 Å². The number of hydrogen-bond donors (Lipinski definition) is 4. The number of nitrogens with zero attached hydrogens (tertiary/aromatic N) is 4. The summed E-state index contributed by atoms with van der Waals surface area (Å²) in [6.07, 6.45) is 0. The van der Waals surface area contributed by atoms with Gasteiger partial charge in [0.2, 0.25) is 11.9 Å². The van der Waals surface area contributed by atoms with Crippen molar-refractivity contribution in [2.24, 2.45) is 0 Å². The molecule has 0 saturated carbocycles. The first-order valence-electron chi connectivity index (χ1n) is 3.61. The zero-order chi connectivity index (χ0) is 10.7. The first kappa shape index (κ1) is 10.4. The first-order chi connectivity index (χ1) is 7.24. The highest BCUT2D eigenvalue weighted by Gasteiger charge is 2.04. The first-order valence-corrected chi connectivity index (χ1v) is 7.09. The van der Waals surface area contributed by atoms with Crippen LogP contribution in [-0.2, 0) is 0 Å². The molecular formula is C4H6N8S3. The van der Waals surface area contributed by atoms with E-state index in [0.29, 0.717) is 10.3 Å². The van der Waals surface area contributed by atoms with E-state index in [-0.39, 0.29) is 11.9 Å². The molecule has 2 heterocycles. The molecule has 2 aromatic heterocycles. The monoisotopic (exact) mass is 262 g/mol. The molecule has 8 nitrogen and oxygen atoms in total. The molecule has 0 bridgehead atoms. The Kier molecular flexibility index (Phi) is 3.23. The summed E-state index contributed by atoms with van der Waals surface area (Å²) in [6.45, 7) is 0. The Balaban J connectivity index is 1.80. The molecule has 0 fully saturated rings. The second kappa shape index (κ2) is 4.63. The molecule has 2 aromatic rings. The summed E-state index contributed by atoms with van der Waals surface area (Å²) in [5, 5.41) is 14.0. The lowest BCUT2D eigenvalue weighted by Crippen LogP contribution is -1.84. The molecule has 0 aliphatic heterocycles. The molecular weight excluding hydrogens is 256 g/mol. The van der Waals surface area contributed by atoms with Gasteiger partial charge in [-0.3, -0.25) is 10.2 Å².